The maximum Gasteiger partial charge on any atom is 0.224 e. The zero-order valence-corrected chi connectivity index (χ0v) is 14.2. The first kappa shape index (κ1) is 17.7. The molecule has 1 amide bonds. The lowest BCUT2D eigenvalue weighted by Crippen LogP contribution is -2.12. The number of amides is 1. The number of Topliss-reactive ketones (excluding diaryl/α,β-unsaturated/α-hetero) is 1. The Kier molecular flexibility index (Phi) is 6.55. The molecule has 0 aliphatic carbocycles. The predicted octanol–water partition coefficient (Wildman–Crippen LogP) is 4.25. The summed E-state index contributed by atoms with van der Waals surface area (Å²) in [7, 11) is 0. The second kappa shape index (κ2) is 8.87. The number of ketones is 1. The maximum atomic E-state index is 11.9. The summed E-state index contributed by atoms with van der Waals surface area (Å²) >= 11 is 0. The van der Waals surface area contributed by atoms with Gasteiger partial charge in [0.25, 0.3) is 0 Å². The second-order valence-corrected chi connectivity index (χ2v) is 5.63. The molecule has 0 saturated carbocycles. The SMILES string of the molecule is CCc1ccc(NC(=O)CCCOc2ccc(C(C)=O)cc2)cc1. The highest BCUT2D eigenvalue weighted by molar-refractivity contribution is 5.94. The number of anilines is 1. The molecule has 0 spiro atoms. The van der Waals surface area contributed by atoms with Crippen molar-refractivity contribution in [3.8, 4) is 5.75 Å². The molecule has 2 rings (SSSR count). The van der Waals surface area contributed by atoms with Crippen LogP contribution in [0.25, 0.3) is 0 Å². The van der Waals surface area contributed by atoms with Gasteiger partial charge in [-0.15, -0.1) is 0 Å². The van der Waals surface area contributed by atoms with Gasteiger partial charge in [-0.2, -0.15) is 0 Å². The Balaban J connectivity index is 1.69. The topological polar surface area (TPSA) is 55.4 Å². The molecule has 0 aliphatic rings. The lowest BCUT2D eigenvalue weighted by atomic mass is 10.1. The normalized spacial score (nSPS) is 10.2. The molecule has 0 atom stereocenters. The highest BCUT2D eigenvalue weighted by atomic mass is 16.5. The first-order valence-electron chi connectivity index (χ1n) is 8.21. The number of hydrogen-bond donors (Lipinski definition) is 1. The average Bonchev–Trinajstić information content (AvgIpc) is 2.60. The zero-order valence-electron chi connectivity index (χ0n) is 14.2. The number of benzene rings is 2. The summed E-state index contributed by atoms with van der Waals surface area (Å²) < 4.78 is 5.58. The summed E-state index contributed by atoms with van der Waals surface area (Å²) in [5, 5.41) is 2.88. The Morgan fingerprint density at radius 3 is 2.25 bits per heavy atom. The van der Waals surface area contributed by atoms with Gasteiger partial charge in [0.1, 0.15) is 5.75 Å². The van der Waals surface area contributed by atoms with E-state index in [1.807, 2.05) is 24.3 Å². The third kappa shape index (κ3) is 5.54. The molecular weight excluding hydrogens is 302 g/mol. The van der Waals surface area contributed by atoms with Crippen molar-refractivity contribution in [2.24, 2.45) is 0 Å². The van der Waals surface area contributed by atoms with E-state index in [0.717, 1.165) is 12.1 Å². The Hall–Kier alpha value is -2.62. The summed E-state index contributed by atoms with van der Waals surface area (Å²) in [5.41, 5.74) is 2.73. The number of carbonyl (C=O) groups excluding carboxylic acids is 2. The van der Waals surface area contributed by atoms with Crippen LogP contribution in [0.15, 0.2) is 48.5 Å². The van der Waals surface area contributed by atoms with E-state index in [2.05, 4.69) is 12.2 Å². The van der Waals surface area contributed by atoms with Crippen molar-refractivity contribution in [3.05, 3.63) is 59.7 Å². The van der Waals surface area contributed by atoms with Crippen LogP contribution < -0.4 is 10.1 Å². The molecule has 24 heavy (non-hydrogen) atoms. The average molecular weight is 325 g/mol. The summed E-state index contributed by atoms with van der Waals surface area (Å²) in [6.45, 7) is 4.09. The molecule has 0 bridgehead atoms. The molecule has 0 radical (unpaired) electrons. The van der Waals surface area contributed by atoms with Crippen LogP contribution in [0.2, 0.25) is 0 Å². The molecule has 0 aliphatic heterocycles. The van der Waals surface area contributed by atoms with Crippen LogP contribution in [0, 0.1) is 0 Å². The van der Waals surface area contributed by atoms with Gasteiger partial charge < -0.3 is 10.1 Å². The Labute approximate surface area is 142 Å². The molecule has 0 saturated heterocycles. The predicted molar refractivity (Wildman–Crippen MR) is 95.6 cm³/mol. The maximum absolute atomic E-state index is 11.9. The van der Waals surface area contributed by atoms with Gasteiger partial charge in [0.2, 0.25) is 5.91 Å². The van der Waals surface area contributed by atoms with E-state index in [9.17, 15) is 9.59 Å². The highest BCUT2D eigenvalue weighted by Crippen LogP contribution is 2.14. The third-order valence-corrected chi connectivity index (χ3v) is 3.72. The van der Waals surface area contributed by atoms with Gasteiger partial charge in [-0.05, 0) is 61.7 Å². The van der Waals surface area contributed by atoms with E-state index in [0.29, 0.717) is 30.8 Å². The molecule has 4 nitrogen and oxygen atoms in total. The molecule has 0 aromatic heterocycles. The van der Waals surface area contributed by atoms with Crippen LogP contribution in [-0.2, 0) is 11.2 Å². The van der Waals surface area contributed by atoms with Gasteiger partial charge in [-0.3, -0.25) is 9.59 Å². The number of carbonyl (C=O) groups is 2. The molecule has 0 unspecified atom stereocenters. The fraction of sp³-hybridized carbons (Fsp3) is 0.300. The van der Waals surface area contributed by atoms with Crippen LogP contribution in [0.4, 0.5) is 5.69 Å². The third-order valence-electron chi connectivity index (χ3n) is 3.72. The van der Waals surface area contributed by atoms with Gasteiger partial charge in [-0.25, -0.2) is 0 Å². The first-order chi connectivity index (χ1) is 11.6. The molecule has 0 heterocycles. The highest BCUT2D eigenvalue weighted by Gasteiger charge is 2.03. The van der Waals surface area contributed by atoms with Gasteiger partial charge >= 0.3 is 0 Å². The van der Waals surface area contributed by atoms with Crippen LogP contribution in [0.3, 0.4) is 0 Å². The van der Waals surface area contributed by atoms with E-state index in [1.54, 1.807) is 24.3 Å². The minimum absolute atomic E-state index is 0.0187. The van der Waals surface area contributed by atoms with Crippen molar-refractivity contribution in [2.75, 3.05) is 11.9 Å². The van der Waals surface area contributed by atoms with Gasteiger partial charge in [-0.1, -0.05) is 19.1 Å². The van der Waals surface area contributed by atoms with E-state index in [4.69, 9.17) is 4.74 Å². The van der Waals surface area contributed by atoms with Crippen molar-refractivity contribution < 1.29 is 14.3 Å². The number of ether oxygens (including phenoxy) is 1. The lowest BCUT2D eigenvalue weighted by Gasteiger charge is -2.08. The fourth-order valence-corrected chi connectivity index (χ4v) is 2.26. The number of hydrogen-bond acceptors (Lipinski definition) is 3. The largest absolute Gasteiger partial charge is 0.494 e. The van der Waals surface area contributed by atoms with E-state index >= 15 is 0 Å². The molecule has 126 valence electrons. The Bertz CT molecular complexity index is 675. The lowest BCUT2D eigenvalue weighted by molar-refractivity contribution is -0.116. The summed E-state index contributed by atoms with van der Waals surface area (Å²) in [6, 6.07) is 14.9. The van der Waals surface area contributed by atoms with Crippen LogP contribution in [0.5, 0.6) is 5.75 Å². The monoisotopic (exact) mass is 325 g/mol. The van der Waals surface area contributed by atoms with Crippen LogP contribution in [-0.4, -0.2) is 18.3 Å². The minimum atomic E-state index is -0.0187. The van der Waals surface area contributed by atoms with Crippen molar-refractivity contribution in [3.63, 3.8) is 0 Å². The quantitative estimate of drug-likeness (QED) is 0.583. The smallest absolute Gasteiger partial charge is 0.224 e. The van der Waals surface area contributed by atoms with Crippen molar-refractivity contribution >= 4 is 17.4 Å². The van der Waals surface area contributed by atoms with E-state index < -0.39 is 0 Å². The second-order valence-electron chi connectivity index (χ2n) is 5.63. The van der Waals surface area contributed by atoms with Crippen LogP contribution >= 0.6 is 0 Å². The Morgan fingerprint density at radius 1 is 1.00 bits per heavy atom. The van der Waals surface area contributed by atoms with Crippen LogP contribution in [0.1, 0.15) is 42.6 Å². The van der Waals surface area contributed by atoms with Crippen molar-refractivity contribution in [1.82, 2.24) is 0 Å². The van der Waals surface area contributed by atoms with Crippen molar-refractivity contribution in [1.29, 1.82) is 0 Å². The molecule has 0 fully saturated rings. The van der Waals surface area contributed by atoms with Gasteiger partial charge in [0.15, 0.2) is 5.78 Å². The molecule has 1 N–H and O–H groups in total. The first-order valence-corrected chi connectivity index (χ1v) is 8.21. The van der Waals surface area contributed by atoms with Gasteiger partial charge in [0.05, 0.1) is 6.61 Å². The minimum Gasteiger partial charge on any atom is -0.494 e. The van der Waals surface area contributed by atoms with E-state index in [-0.39, 0.29) is 11.7 Å². The van der Waals surface area contributed by atoms with Gasteiger partial charge in [0, 0.05) is 17.7 Å². The fourth-order valence-electron chi connectivity index (χ4n) is 2.26. The standard InChI is InChI=1S/C20H23NO3/c1-3-16-6-10-18(11-7-16)21-20(23)5-4-14-24-19-12-8-17(9-13-19)15(2)22/h6-13H,3-5,14H2,1-2H3,(H,21,23). The number of nitrogens with one attached hydrogen (secondary N) is 1. The summed E-state index contributed by atoms with van der Waals surface area (Å²) in [6.07, 6.45) is 2.02. The molecule has 2 aromatic carbocycles. The Morgan fingerprint density at radius 2 is 1.67 bits per heavy atom. The summed E-state index contributed by atoms with van der Waals surface area (Å²) in [5.74, 6) is 0.718. The molecule has 4 heteroatoms. The summed E-state index contributed by atoms with van der Waals surface area (Å²) in [4.78, 5) is 23.1. The zero-order chi connectivity index (χ0) is 17.4. The molecular formula is C20H23NO3. The van der Waals surface area contributed by atoms with E-state index in [1.165, 1.54) is 12.5 Å². The van der Waals surface area contributed by atoms with Crippen molar-refractivity contribution in [2.45, 2.75) is 33.1 Å². The number of rotatable bonds is 8. The number of aryl methyl sites for hydroxylation is 1. The molecule has 2 aromatic rings.